The van der Waals surface area contributed by atoms with E-state index < -0.39 is 0 Å². The summed E-state index contributed by atoms with van der Waals surface area (Å²) in [6.45, 7) is 6.28. The van der Waals surface area contributed by atoms with Crippen LogP contribution in [0.25, 0.3) is 0 Å². The van der Waals surface area contributed by atoms with Gasteiger partial charge in [0.15, 0.2) is 0 Å². The van der Waals surface area contributed by atoms with Crippen LogP contribution in [-0.4, -0.2) is 46.3 Å². The Morgan fingerprint density at radius 1 is 1.44 bits per heavy atom. The molecule has 0 saturated carbocycles. The van der Waals surface area contributed by atoms with E-state index in [1.54, 1.807) is 6.08 Å². The predicted molar refractivity (Wildman–Crippen MR) is 79.8 cm³/mol. The lowest BCUT2D eigenvalue weighted by Crippen LogP contribution is -2.42. The van der Waals surface area contributed by atoms with Crippen LogP contribution < -0.4 is 0 Å². The van der Waals surface area contributed by atoms with Gasteiger partial charge in [0, 0.05) is 19.1 Å². The summed E-state index contributed by atoms with van der Waals surface area (Å²) >= 11 is 2.63. The number of hydrogen-bond donors (Lipinski definition) is 1. The Hall–Kier alpha value is -0.820. The van der Waals surface area contributed by atoms with E-state index >= 15 is 0 Å². The third-order valence-corrected chi connectivity index (χ3v) is 3.91. The highest BCUT2D eigenvalue weighted by atomic mass is 32.2. The Labute approximate surface area is 118 Å². The fourth-order valence-corrected chi connectivity index (χ4v) is 2.25. The monoisotopic (exact) mass is 291 g/mol. The number of amidine groups is 1. The number of urea groups is 1. The molecule has 5 nitrogen and oxygen atoms in total. The molecule has 0 aromatic carbocycles. The Morgan fingerprint density at radius 3 is 2.50 bits per heavy atom. The fraction of sp³-hybridized carbons (Fsp3) is 0.636. The standard InChI is InChI=1S/C11H21N3O2S2/c1-5-7-8-13(10(12)16-9-6-2)11(15)14(17-3)18-4/h6,12H,2,5,7-9H2,1,3-4H3. The maximum absolute atomic E-state index is 12.2. The highest BCUT2D eigenvalue weighted by molar-refractivity contribution is 8.12. The molecule has 0 aliphatic carbocycles. The summed E-state index contributed by atoms with van der Waals surface area (Å²) in [5.74, 6) is 0. The molecule has 0 aromatic rings. The van der Waals surface area contributed by atoms with Gasteiger partial charge in [-0.2, -0.15) is 0 Å². The van der Waals surface area contributed by atoms with Crippen LogP contribution in [0, 0.1) is 5.41 Å². The summed E-state index contributed by atoms with van der Waals surface area (Å²) in [5, 5.41) is 7.79. The maximum atomic E-state index is 12.2. The lowest BCUT2D eigenvalue weighted by atomic mass is 10.3. The number of carbonyl (C=O) groups excluding carboxylic acids is 1. The number of amides is 2. The van der Waals surface area contributed by atoms with Crippen molar-refractivity contribution in [2.45, 2.75) is 19.8 Å². The SMILES string of the molecule is C=CCOC(=N)N(CCCC)C(=O)N(SC)SC. The number of hydrogen-bond acceptors (Lipinski definition) is 5. The lowest BCUT2D eigenvalue weighted by Gasteiger charge is -2.26. The van der Waals surface area contributed by atoms with Crippen LogP contribution in [0.4, 0.5) is 4.79 Å². The van der Waals surface area contributed by atoms with Gasteiger partial charge in [0.05, 0.1) is 0 Å². The first-order valence-electron chi connectivity index (χ1n) is 5.64. The van der Waals surface area contributed by atoms with Crippen LogP contribution in [0.15, 0.2) is 12.7 Å². The first kappa shape index (κ1) is 17.2. The molecule has 1 N–H and O–H groups in total. The molecule has 0 atom stereocenters. The molecule has 2 amide bonds. The van der Waals surface area contributed by atoms with E-state index in [-0.39, 0.29) is 18.7 Å². The molecule has 0 radical (unpaired) electrons. The van der Waals surface area contributed by atoms with E-state index in [0.717, 1.165) is 12.8 Å². The number of nitrogens with zero attached hydrogens (tertiary/aromatic N) is 2. The second-order valence-electron chi connectivity index (χ2n) is 3.31. The summed E-state index contributed by atoms with van der Waals surface area (Å²) in [5.41, 5.74) is 0. The van der Waals surface area contributed by atoms with Crippen molar-refractivity contribution in [2.24, 2.45) is 0 Å². The average molecular weight is 291 g/mol. The van der Waals surface area contributed by atoms with Crippen LogP contribution in [-0.2, 0) is 4.74 Å². The van der Waals surface area contributed by atoms with E-state index in [9.17, 15) is 4.79 Å². The Kier molecular flexibility index (Phi) is 9.67. The number of nitrogens with one attached hydrogen (secondary N) is 1. The minimum Gasteiger partial charge on any atom is -0.461 e. The zero-order chi connectivity index (χ0) is 14.0. The molecule has 0 spiro atoms. The van der Waals surface area contributed by atoms with Gasteiger partial charge in [-0.3, -0.25) is 5.41 Å². The van der Waals surface area contributed by atoms with E-state index in [0.29, 0.717) is 6.54 Å². The van der Waals surface area contributed by atoms with Gasteiger partial charge in [-0.15, -0.1) is 0 Å². The fourth-order valence-electron chi connectivity index (χ4n) is 1.15. The van der Waals surface area contributed by atoms with Crippen molar-refractivity contribution in [1.29, 1.82) is 5.41 Å². The minimum absolute atomic E-state index is 0.124. The quantitative estimate of drug-likeness (QED) is 0.339. The summed E-state index contributed by atoms with van der Waals surface area (Å²) < 4.78 is 6.65. The highest BCUT2D eigenvalue weighted by Crippen LogP contribution is 2.19. The summed E-state index contributed by atoms with van der Waals surface area (Å²) in [7, 11) is 0. The topological polar surface area (TPSA) is 56.6 Å². The van der Waals surface area contributed by atoms with Crippen LogP contribution >= 0.6 is 23.9 Å². The second kappa shape index (κ2) is 10.1. The van der Waals surface area contributed by atoms with Crippen LogP contribution in [0.5, 0.6) is 0 Å². The molecule has 0 aliphatic heterocycles. The number of ether oxygens (including phenoxy) is 1. The molecule has 0 fully saturated rings. The lowest BCUT2D eigenvalue weighted by molar-refractivity contribution is 0.199. The summed E-state index contributed by atoms with van der Waals surface area (Å²) in [6.07, 6.45) is 6.98. The first-order chi connectivity index (χ1) is 8.62. The Morgan fingerprint density at radius 2 is 2.06 bits per heavy atom. The van der Waals surface area contributed by atoms with Crippen molar-refractivity contribution in [3.63, 3.8) is 0 Å². The molecular formula is C11H21N3O2S2. The van der Waals surface area contributed by atoms with Gasteiger partial charge in [0.2, 0.25) is 0 Å². The third kappa shape index (κ3) is 5.68. The molecule has 0 aliphatic rings. The maximum Gasteiger partial charge on any atom is 0.348 e. The van der Waals surface area contributed by atoms with Gasteiger partial charge in [-0.1, -0.05) is 26.0 Å². The molecule has 0 saturated heterocycles. The smallest absolute Gasteiger partial charge is 0.348 e. The largest absolute Gasteiger partial charge is 0.461 e. The minimum atomic E-state index is -0.238. The highest BCUT2D eigenvalue weighted by Gasteiger charge is 2.24. The van der Waals surface area contributed by atoms with E-state index in [1.165, 1.54) is 32.5 Å². The van der Waals surface area contributed by atoms with Crippen molar-refractivity contribution < 1.29 is 9.53 Å². The van der Waals surface area contributed by atoms with Crippen molar-refractivity contribution in [1.82, 2.24) is 8.61 Å². The average Bonchev–Trinajstić information content (AvgIpc) is 2.38. The molecule has 104 valence electrons. The summed E-state index contributed by atoms with van der Waals surface area (Å²) in [6, 6.07) is -0.362. The van der Waals surface area contributed by atoms with E-state index in [1.807, 2.05) is 19.4 Å². The van der Waals surface area contributed by atoms with Crippen molar-refractivity contribution in [2.75, 3.05) is 25.7 Å². The van der Waals surface area contributed by atoms with Crippen LogP contribution in [0.3, 0.4) is 0 Å². The molecule has 18 heavy (non-hydrogen) atoms. The molecule has 0 bridgehead atoms. The second-order valence-corrected chi connectivity index (χ2v) is 5.01. The summed E-state index contributed by atoms with van der Waals surface area (Å²) in [4.78, 5) is 13.5. The zero-order valence-electron chi connectivity index (χ0n) is 11.1. The van der Waals surface area contributed by atoms with Crippen LogP contribution in [0.2, 0.25) is 0 Å². The molecular weight excluding hydrogens is 270 g/mol. The van der Waals surface area contributed by atoms with Crippen molar-refractivity contribution in [3.8, 4) is 0 Å². The van der Waals surface area contributed by atoms with Gasteiger partial charge in [-0.25, -0.2) is 13.4 Å². The van der Waals surface area contributed by atoms with Gasteiger partial charge in [-0.05, 0) is 30.3 Å². The molecule has 0 rings (SSSR count). The van der Waals surface area contributed by atoms with E-state index in [2.05, 4.69) is 6.58 Å². The normalized spacial score (nSPS) is 9.72. The Bertz CT molecular complexity index is 283. The number of carbonyl (C=O) groups is 1. The molecule has 7 heteroatoms. The molecule has 0 heterocycles. The van der Waals surface area contributed by atoms with Gasteiger partial charge in [0.1, 0.15) is 6.61 Å². The van der Waals surface area contributed by atoms with Crippen LogP contribution in [0.1, 0.15) is 19.8 Å². The molecule has 0 aromatic heterocycles. The number of unbranched alkanes of at least 4 members (excludes halogenated alkanes) is 1. The number of rotatable bonds is 7. The molecule has 0 unspecified atom stereocenters. The van der Waals surface area contributed by atoms with Crippen molar-refractivity contribution in [3.05, 3.63) is 12.7 Å². The predicted octanol–water partition coefficient (Wildman–Crippen LogP) is 3.20. The Balaban J connectivity index is 4.68. The third-order valence-electron chi connectivity index (χ3n) is 2.04. The van der Waals surface area contributed by atoms with Crippen molar-refractivity contribution >= 4 is 35.9 Å². The van der Waals surface area contributed by atoms with Gasteiger partial charge < -0.3 is 4.74 Å². The van der Waals surface area contributed by atoms with E-state index in [4.69, 9.17) is 10.1 Å². The zero-order valence-corrected chi connectivity index (χ0v) is 12.8. The van der Waals surface area contributed by atoms with Gasteiger partial charge in [0.25, 0.3) is 6.02 Å². The van der Waals surface area contributed by atoms with Gasteiger partial charge >= 0.3 is 6.03 Å². The first-order valence-corrected chi connectivity index (χ1v) is 8.00.